The topological polar surface area (TPSA) is 25.8 Å². The quantitative estimate of drug-likeness (QED) is 0.342. The summed E-state index contributed by atoms with van der Waals surface area (Å²) >= 11 is 9.59. The Kier molecular flexibility index (Phi) is 4.65. The molecule has 0 aliphatic rings. The molecule has 0 saturated carbocycles. The van der Waals surface area contributed by atoms with Gasteiger partial charge in [-0.1, -0.05) is 43.6 Å². The van der Waals surface area contributed by atoms with Gasteiger partial charge in [-0.3, -0.25) is 0 Å². The van der Waals surface area contributed by atoms with E-state index in [1.807, 2.05) is 0 Å². The van der Waals surface area contributed by atoms with Crippen molar-refractivity contribution in [2.24, 2.45) is 0 Å². The lowest BCUT2D eigenvalue weighted by atomic mass is 10.3. The molecule has 2 rings (SSSR count). The second-order valence-electron chi connectivity index (χ2n) is 3.78. The summed E-state index contributed by atoms with van der Waals surface area (Å²) in [6, 6.07) is 2.10. The van der Waals surface area contributed by atoms with Gasteiger partial charge in [-0.25, -0.2) is 9.97 Å². The van der Waals surface area contributed by atoms with E-state index in [-0.39, 0.29) is 0 Å². The molecule has 0 atom stereocenters. The first-order valence-electron chi connectivity index (χ1n) is 5.83. The van der Waals surface area contributed by atoms with Crippen LogP contribution in [-0.2, 0) is 6.42 Å². The zero-order chi connectivity index (χ0) is 12.3. The average Bonchev–Trinajstić information content (AvgIpc) is 2.73. The van der Waals surface area contributed by atoms with Crippen LogP contribution in [0.2, 0.25) is 5.15 Å². The van der Waals surface area contributed by atoms with Gasteiger partial charge >= 0.3 is 0 Å². The minimum atomic E-state index is 0.588. The molecule has 0 saturated heterocycles. The fourth-order valence-electron chi connectivity index (χ4n) is 1.46. The number of unbranched alkanes of at least 4 members (excludes halogenated alkanes) is 1. The minimum absolute atomic E-state index is 0.588. The van der Waals surface area contributed by atoms with Crippen molar-refractivity contribution in [3.05, 3.63) is 16.1 Å². The number of halogens is 1. The van der Waals surface area contributed by atoms with Crippen molar-refractivity contribution in [2.45, 2.75) is 38.3 Å². The molecular weight excluding hydrogens is 272 g/mol. The molecule has 0 radical (unpaired) electrons. The summed E-state index contributed by atoms with van der Waals surface area (Å²) in [5, 5.41) is 2.39. The lowest BCUT2D eigenvalue weighted by molar-refractivity contribution is 0.891. The van der Waals surface area contributed by atoms with Gasteiger partial charge in [0, 0.05) is 16.0 Å². The Morgan fingerprint density at radius 3 is 2.88 bits per heavy atom. The van der Waals surface area contributed by atoms with Gasteiger partial charge in [-0.2, -0.15) is 0 Å². The molecule has 0 aromatic carbocycles. The minimum Gasteiger partial charge on any atom is -0.211 e. The lowest BCUT2D eigenvalue weighted by Crippen LogP contribution is -1.88. The van der Waals surface area contributed by atoms with E-state index in [0.717, 1.165) is 27.5 Å². The Morgan fingerprint density at radius 1 is 1.35 bits per heavy atom. The van der Waals surface area contributed by atoms with Gasteiger partial charge in [0.2, 0.25) is 0 Å². The molecule has 17 heavy (non-hydrogen) atoms. The summed E-state index contributed by atoms with van der Waals surface area (Å²) in [6.45, 7) is 4.33. The summed E-state index contributed by atoms with van der Waals surface area (Å²) in [7, 11) is 0. The lowest BCUT2D eigenvalue weighted by Gasteiger charge is -2.00. The predicted octanol–water partition coefficient (Wildman–Crippen LogP) is 4.80. The number of fused-ring (bicyclic) bond motifs is 1. The number of aryl methyl sites for hydroxylation is 1. The molecule has 0 spiro atoms. The number of thioether (sulfide) groups is 1. The molecule has 5 heteroatoms. The fraction of sp³-hybridized carbons (Fsp3) is 0.500. The van der Waals surface area contributed by atoms with Crippen LogP contribution in [-0.4, -0.2) is 15.7 Å². The Morgan fingerprint density at radius 2 is 2.18 bits per heavy atom. The van der Waals surface area contributed by atoms with Crippen molar-refractivity contribution in [1.29, 1.82) is 0 Å². The summed E-state index contributed by atoms with van der Waals surface area (Å²) in [5.74, 6) is 1.06. The molecule has 0 fully saturated rings. The maximum Gasteiger partial charge on any atom is 0.190 e. The van der Waals surface area contributed by atoms with Crippen LogP contribution >= 0.6 is 34.7 Å². The molecule has 2 nitrogen and oxygen atoms in total. The first-order chi connectivity index (χ1) is 8.24. The molecule has 2 aromatic heterocycles. The van der Waals surface area contributed by atoms with Crippen LogP contribution < -0.4 is 0 Å². The molecule has 0 aliphatic heterocycles. The molecule has 2 aromatic rings. The molecule has 0 aliphatic carbocycles. The number of nitrogens with zero attached hydrogens (tertiary/aromatic N) is 2. The second-order valence-corrected chi connectivity index (χ2v) is 6.32. The van der Waals surface area contributed by atoms with Crippen molar-refractivity contribution in [1.82, 2.24) is 9.97 Å². The third-order valence-electron chi connectivity index (χ3n) is 2.45. The van der Waals surface area contributed by atoms with E-state index in [4.69, 9.17) is 11.6 Å². The molecule has 2 heterocycles. The molecule has 0 N–H and O–H groups in total. The normalized spacial score (nSPS) is 11.2. The molecule has 0 amide bonds. The van der Waals surface area contributed by atoms with Crippen LogP contribution in [0.25, 0.3) is 10.2 Å². The third kappa shape index (κ3) is 3.12. The highest BCUT2D eigenvalue weighted by Crippen LogP contribution is 2.31. The standard InChI is InChI=1S/C12H15ClN2S2/c1-3-5-6-16-12-14-10(13)9-7-8(4-2)17-11(9)15-12/h7H,3-6H2,1-2H3. The van der Waals surface area contributed by atoms with E-state index in [0.29, 0.717) is 5.15 Å². The monoisotopic (exact) mass is 286 g/mol. The van der Waals surface area contributed by atoms with E-state index in [1.165, 1.54) is 17.7 Å². The highest BCUT2D eigenvalue weighted by molar-refractivity contribution is 7.99. The van der Waals surface area contributed by atoms with E-state index in [9.17, 15) is 0 Å². The van der Waals surface area contributed by atoms with Gasteiger partial charge < -0.3 is 0 Å². The van der Waals surface area contributed by atoms with Gasteiger partial charge in [-0.05, 0) is 18.9 Å². The highest BCUT2D eigenvalue weighted by atomic mass is 35.5. The van der Waals surface area contributed by atoms with E-state index in [2.05, 4.69) is 29.9 Å². The molecule has 92 valence electrons. The van der Waals surface area contributed by atoms with Crippen molar-refractivity contribution >= 4 is 44.9 Å². The van der Waals surface area contributed by atoms with E-state index in [1.54, 1.807) is 23.1 Å². The Hall–Kier alpha value is -0.320. The zero-order valence-corrected chi connectivity index (χ0v) is 12.4. The van der Waals surface area contributed by atoms with E-state index < -0.39 is 0 Å². The molecular formula is C12H15ClN2S2. The fourth-order valence-corrected chi connectivity index (χ4v) is 3.75. The van der Waals surface area contributed by atoms with Gasteiger partial charge in [0.05, 0.1) is 0 Å². The Bertz CT molecular complexity index is 510. The average molecular weight is 287 g/mol. The number of aromatic nitrogens is 2. The predicted molar refractivity (Wildman–Crippen MR) is 77.4 cm³/mol. The smallest absolute Gasteiger partial charge is 0.190 e. The Balaban J connectivity index is 2.27. The van der Waals surface area contributed by atoms with Crippen molar-refractivity contribution in [3.63, 3.8) is 0 Å². The first kappa shape index (κ1) is 13.1. The largest absolute Gasteiger partial charge is 0.211 e. The van der Waals surface area contributed by atoms with Crippen LogP contribution in [0.3, 0.4) is 0 Å². The zero-order valence-electron chi connectivity index (χ0n) is 9.99. The van der Waals surface area contributed by atoms with Crippen LogP contribution in [0, 0.1) is 0 Å². The summed E-state index contributed by atoms with van der Waals surface area (Å²) in [4.78, 5) is 11.2. The summed E-state index contributed by atoms with van der Waals surface area (Å²) in [5.41, 5.74) is 0. The molecule has 0 bridgehead atoms. The number of thiophene rings is 1. The Labute approximate surface area is 115 Å². The first-order valence-corrected chi connectivity index (χ1v) is 8.01. The van der Waals surface area contributed by atoms with Crippen LogP contribution in [0.5, 0.6) is 0 Å². The maximum atomic E-state index is 6.19. The van der Waals surface area contributed by atoms with Crippen molar-refractivity contribution in [3.8, 4) is 0 Å². The number of rotatable bonds is 5. The third-order valence-corrected chi connectivity index (χ3v) is 4.85. The number of hydrogen-bond acceptors (Lipinski definition) is 4. The SMILES string of the molecule is CCCCSc1nc(Cl)c2cc(CC)sc2n1. The number of hydrogen-bond donors (Lipinski definition) is 0. The highest BCUT2D eigenvalue weighted by Gasteiger charge is 2.09. The second kappa shape index (κ2) is 6.03. The van der Waals surface area contributed by atoms with Crippen molar-refractivity contribution in [2.75, 3.05) is 5.75 Å². The van der Waals surface area contributed by atoms with Gasteiger partial charge in [0.15, 0.2) is 5.16 Å². The van der Waals surface area contributed by atoms with Gasteiger partial charge in [0.1, 0.15) is 9.98 Å². The maximum absolute atomic E-state index is 6.19. The van der Waals surface area contributed by atoms with Crippen LogP contribution in [0.1, 0.15) is 31.6 Å². The van der Waals surface area contributed by atoms with E-state index >= 15 is 0 Å². The summed E-state index contributed by atoms with van der Waals surface area (Å²) in [6.07, 6.45) is 3.41. The summed E-state index contributed by atoms with van der Waals surface area (Å²) < 4.78 is 0. The van der Waals surface area contributed by atoms with Crippen LogP contribution in [0.4, 0.5) is 0 Å². The molecule has 0 unspecified atom stereocenters. The van der Waals surface area contributed by atoms with Crippen molar-refractivity contribution < 1.29 is 0 Å². The van der Waals surface area contributed by atoms with Gasteiger partial charge in [-0.15, -0.1) is 11.3 Å². The van der Waals surface area contributed by atoms with Gasteiger partial charge in [0.25, 0.3) is 0 Å². The van der Waals surface area contributed by atoms with Crippen LogP contribution in [0.15, 0.2) is 11.2 Å².